The normalized spacial score (nSPS) is 10.5. The van der Waals surface area contributed by atoms with E-state index in [0.29, 0.717) is 27.9 Å². The molecule has 273 valence electrons. The summed E-state index contributed by atoms with van der Waals surface area (Å²) in [4.78, 5) is 45.8. The molecule has 1 aliphatic heterocycles. The van der Waals surface area contributed by atoms with Crippen LogP contribution in [0.15, 0.2) is 146 Å². The van der Waals surface area contributed by atoms with Gasteiger partial charge in [0, 0.05) is 39.8 Å². The molecule has 7 rings (SSSR count). The van der Waals surface area contributed by atoms with Crippen molar-refractivity contribution in [2.45, 2.75) is 6.42 Å². The number of hydrogen-bond donors (Lipinski definition) is 6. The number of carboxylic acid groups (broad SMARTS) is 2. The summed E-state index contributed by atoms with van der Waals surface area (Å²) in [6.45, 7) is 0. The molecule has 0 saturated carbocycles. The van der Waals surface area contributed by atoms with Gasteiger partial charge in [-0.15, -0.1) is 0 Å². The molecule has 0 unspecified atom stereocenters. The summed E-state index contributed by atoms with van der Waals surface area (Å²) in [7, 11) is 1.00. The maximum absolute atomic E-state index is 12.1. The summed E-state index contributed by atoms with van der Waals surface area (Å²) in [6, 6.07) is 44.7. The van der Waals surface area contributed by atoms with E-state index in [4.69, 9.17) is 25.5 Å². The maximum atomic E-state index is 12.1. The third kappa shape index (κ3) is 13.4. The van der Waals surface area contributed by atoms with Crippen molar-refractivity contribution in [2.75, 3.05) is 12.0 Å². The second-order valence-corrected chi connectivity index (χ2v) is 10.7. The molecule has 1 radical (unpaired) electrons. The van der Waals surface area contributed by atoms with Gasteiger partial charge in [-0.2, -0.15) is 60.7 Å². The minimum absolute atomic E-state index is 0. The fraction of sp³-hybridized carbons (Fsp3) is 0.0476. The SMILES string of the molecule is CO.O=C(O)c1cc[c-]cc1.O=C(O)c1cc[c-]cc1.O=C1c2ccccc2C(=O)N1c1ccc(O)cc1.Oc1ccc(Cc2ccc(O)cc2)cc1.[Y]. The number of phenols is 3. The van der Waals surface area contributed by atoms with Gasteiger partial charge in [0.1, 0.15) is 17.2 Å². The summed E-state index contributed by atoms with van der Waals surface area (Å²) in [6.07, 6.45) is 0.806. The van der Waals surface area contributed by atoms with Crippen molar-refractivity contribution in [3.63, 3.8) is 0 Å². The fourth-order valence-electron chi connectivity index (χ4n) is 4.55. The molecule has 1 heterocycles. The Morgan fingerprint density at radius 3 is 1.13 bits per heavy atom. The van der Waals surface area contributed by atoms with Crippen LogP contribution in [0.4, 0.5) is 5.69 Å². The van der Waals surface area contributed by atoms with Gasteiger partial charge >= 0.3 is 11.9 Å². The summed E-state index contributed by atoms with van der Waals surface area (Å²) >= 11 is 0. The fourth-order valence-corrected chi connectivity index (χ4v) is 4.55. The van der Waals surface area contributed by atoms with Crippen LogP contribution < -0.4 is 4.90 Å². The Morgan fingerprint density at radius 1 is 0.519 bits per heavy atom. The minimum atomic E-state index is -0.899. The van der Waals surface area contributed by atoms with Crippen molar-refractivity contribution in [3.8, 4) is 17.2 Å². The second-order valence-electron chi connectivity index (χ2n) is 10.7. The van der Waals surface area contributed by atoms with E-state index >= 15 is 0 Å². The van der Waals surface area contributed by atoms with Gasteiger partial charge in [0.15, 0.2) is 0 Å². The Kier molecular flexibility index (Phi) is 18.5. The van der Waals surface area contributed by atoms with Crippen molar-refractivity contribution in [2.24, 2.45) is 0 Å². The van der Waals surface area contributed by atoms with Crippen LogP contribution in [0.1, 0.15) is 52.6 Å². The van der Waals surface area contributed by atoms with Gasteiger partial charge in [-0.3, -0.25) is 9.59 Å². The Hall–Kier alpha value is -6.14. The van der Waals surface area contributed by atoms with Crippen molar-refractivity contribution in [1.29, 1.82) is 0 Å². The number of fused-ring (bicyclic) bond motifs is 1. The Balaban J connectivity index is 0.000000254. The first-order valence-electron chi connectivity index (χ1n) is 15.7. The minimum Gasteiger partial charge on any atom is -0.508 e. The summed E-state index contributed by atoms with van der Waals surface area (Å²) in [5.41, 5.74) is 4.16. The molecule has 1 aliphatic rings. The Morgan fingerprint density at radius 2 is 0.833 bits per heavy atom. The molecule has 0 aromatic heterocycles. The van der Waals surface area contributed by atoms with Gasteiger partial charge in [-0.1, -0.05) is 36.4 Å². The van der Waals surface area contributed by atoms with Gasteiger partial charge in [0.25, 0.3) is 11.8 Å². The summed E-state index contributed by atoms with van der Waals surface area (Å²) in [5.74, 6) is -1.81. The molecule has 0 saturated heterocycles. The largest absolute Gasteiger partial charge is 0.508 e. The van der Waals surface area contributed by atoms with Gasteiger partial charge < -0.3 is 30.6 Å². The zero-order valence-corrected chi connectivity index (χ0v) is 31.7. The number of aromatic carboxylic acids is 2. The number of carboxylic acids is 2. The first-order chi connectivity index (χ1) is 25.5. The number of imide groups is 1. The van der Waals surface area contributed by atoms with Crippen molar-refractivity contribution < 1.29 is 82.5 Å². The molecule has 0 aliphatic carbocycles. The quantitative estimate of drug-likeness (QED) is 0.0793. The molecular weight excluding hydrogens is 767 g/mol. The predicted octanol–water partition coefficient (Wildman–Crippen LogP) is 6.86. The zero-order valence-electron chi connectivity index (χ0n) is 28.9. The van der Waals surface area contributed by atoms with Crippen LogP contribution >= 0.6 is 0 Å². The van der Waals surface area contributed by atoms with Gasteiger partial charge in [-0.05, 0) is 89.3 Å². The molecule has 6 aromatic rings. The van der Waals surface area contributed by atoms with E-state index in [1.165, 1.54) is 48.5 Å². The number of aliphatic hydroxyl groups is 1. The molecule has 0 bridgehead atoms. The van der Waals surface area contributed by atoms with Gasteiger partial charge in [0.05, 0.1) is 16.8 Å². The van der Waals surface area contributed by atoms with Crippen LogP contribution in [0.5, 0.6) is 17.2 Å². The van der Waals surface area contributed by atoms with E-state index in [1.54, 1.807) is 72.8 Å². The predicted molar refractivity (Wildman–Crippen MR) is 197 cm³/mol. The third-order valence-electron chi connectivity index (χ3n) is 7.11. The number of amides is 2. The molecule has 6 N–H and O–H groups in total. The van der Waals surface area contributed by atoms with E-state index in [-0.39, 0.29) is 61.8 Å². The second kappa shape index (κ2) is 22.7. The van der Waals surface area contributed by atoms with Crippen molar-refractivity contribution >= 4 is 29.4 Å². The average molecular weight is 803 g/mol. The van der Waals surface area contributed by atoms with E-state index in [2.05, 4.69) is 12.1 Å². The monoisotopic (exact) mass is 802 g/mol. The number of carbonyl (C=O) groups is 4. The van der Waals surface area contributed by atoms with E-state index in [0.717, 1.165) is 29.6 Å². The topological polar surface area (TPSA) is 193 Å². The molecule has 11 nitrogen and oxygen atoms in total. The van der Waals surface area contributed by atoms with E-state index in [1.807, 2.05) is 24.3 Å². The van der Waals surface area contributed by atoms with Gasteiger partial charge in [0.2, 0.25) is 0 Å². The number of hydrogen-bond acceptors (Lipinski definition) is 8. The van der Waals surface area contributed by atoms with Crippen LogP contribution in [0.25, 0.3) is 0 Å². The molecular formula is C42H35NO10Y-2. The molecule has 0 fully saturated rings. The van der Waals surface area contributed by atoms with E-state index < -0.39 is 11.9 Å². The van der Waals surface area contributed by atoms with Crippen LogP contribution in [0.2, 0.25) is 0 Å². The van der Waals surface area contributed by atoms with Crippen molar-refractivity contribution in [1.82, 2.24) is 0 Å². The van der Waals surface area contributed by atoms with E-state index in [9.17, 15) is 24.3 Å². The Bertz CT molecular complexity index is 1950. The Labute approximate surface area is 336 Å². The molecule has 12 heteroatoms. The maximum Gasteiger partial charge on any atom is 0.311 e. The number of aromatic hydroxyl groups is 3. The van der Waals surface area contributed by atoms with Gasteiger partial charge in [-0.25, -0.2) is 14.5 Å². The van der Waals surface area contributed by atoms with Crippen LogP contribution in [-0.4, -0.2) is 61.5 Å². The number of nitrogens with zero attached hydrogens (tertiary/aromatic N) is 1. The standard InChI is InChI=1S/C14H9NO3.C13H12O2.2C7H5O2.CH4O.Y/c16-10-7-5-9(6-8-10)15-13(17)11-3-1-2-4-12(11)14(15)18;14-12-5-1-10(2-6-12)9-11-3-7-13(15)8-4-11;2*8-7(9)6-4-2-1-3-5-6;1-2;/h1-8,16H;1-8,14-15H,9H2;2*2-5H,(H,8,9);2H,1H3;/q;;2*-1;;. The smallest absolute Gasteiger partial charge is 0.311 e. The molecule has 0 spiro atoms. The number of benzene rings is 6. The average Bonchev–Trinajstić information content (AvgIpc) is 3.45. The summed E-state index contributed by atoms with van der Waals surface area (Å²) in [5, 5.41) is 51.2. The molecule has 0 atom stereocenters. The molecule has 6 aromatic carbocycles. The number of carbonyl (C=O) groups excluding carboxylic acids is 2. The third-order valence-corrected chi connectivity index (χ3v) is 7.11. The zero-order chi connectivity index (χ0) is 38.8. The van der Waals surface area contributed by atoms with Crippen LogP contribution in [-0.2, 0) is 39.1 Å². The summed E-state index contributed by atoms with van der Waals surface area (Å²) < 4.78 is 0. The molecule has 2 amide bonds. The molecule has 54 heavy (non-hydrogen) atoms. The number of anilines is 1. The number of rotatable bonds is 5. The number of phenolic OH excluding ortho intramolecular Hbond substituents is 3. The first-order valence-corrected chi connectivity index (χ1v) is 15.7. The first kappa shape index (κ1) is 44.0. The van der Waals surface area contributed by atoms with Crippen LogP contribution in [0.3, 0.4) is 0 Å². The van der Waals surface area contributed by atoms with Crippen molar-refractivity contribution in [3.05, 3.63) is 191 Å². The number of aliphatic hydroxyl groups excluding tert-OH is 1. The van der Waals surface area contributed by atoms with Crippen LogP contribution in [0, 0.1) is 12.1 Å².